The molecule has 0 unspecified atom stereocenters. The second-order valence-corrected chi connectivity index (χ2v) is 23.7. The molecule has 17 rings (SSSR count). The van der Waals surface area contributed by atoms with Crippen LogP contribution < -0.4 is 9.97 Å². The molecule has 0 saturated carbocycles. The molecule has 0 aliphatic carbocycles. The van der Waals surface area contributed by atoms with E-state index in [1.807, 2.05) is 76.2 Å². The molecule has 3 aromatic heterocycles. The number of aromatic nitrogens is 8. The summed E-state index contributed by atoms with van der Waals surface area (Å²) in [5.41, 5.74) is 10.7. The first-order valence-corrected chi connectivity index (χ1v) is 29.6. The van der Waals surface area contributed by atoms with E-state index in [0.717, 1.165) is 0 Å². The molecule has 8 amide bonds. The van der Waals surface area contributed by atoms with Crippen LogP contribution >= 0.6 is 0 Å². The topological polar surface area (TPSA) is 255 Å². The first kappa shape index (κ1) is 53.9. The van der Waals surface area contributed by atoms with Gasteiger partial charge >= 0.3 is 0 Å². The lowest BCUT2D eigenvalue weighted by Gasteiger charge is -2.17. The monoisotopic (exact) mass is 1200 g/mol. The largest absolute Gasteiger partial charge is 0.357 e. The maximum absolute atomic E-state index is 13.9. The number of carbonyl (C=O) groups is 8. The van der Waals surface area contributed by atoms with Crippen molar-refractivity contribution in [1.82, 2.24) is 59.5 Å². The number of imide groups is 4. The van der Waals surface area contributed by atoms with Crippen molar-refractivity contribution in [3.05, 3.63) is 235 Å². The Morgan fingerprint density at radius 3 is 0.717 bits per heavy atom. The molecule has 0 atom stereocenters. The summed E-state index contributed by atoms with van der Waals surface area (Å²) in [7, 11) is 0. The van der Waals surface area contributed by atoms with Gasteiger partial charge in [-0.2, -0.15) is 0 Å². The van der Waals surface area contributed by atoms with Crippen LogP contribution in [-0.4, -0.2) is 96.8 Å². The fourth-order valence-electron chi connectivity index (χ4n) is 13.4. The first-order chi connectivity index (χ1) is 44.5. The zero-order valence-corrected chi connectivity index (χ0v) is 49.3. The van der Waals surface area contributed by atoms with E-state index < -0.39 is 47.3 Å². The third-order valence-corrected chi connectivity index (χ3v) is 18.4. The Bertz CT molecular complexity index is 5110. The van der Waals surface area contributed by atoms with Gasteiger partial charge in [0, 0.05) is 44.8 Å². The Balaban J connectivity index is 0.902. The predicted octanol–water partition coefficient (Wildman–Crippen LogP) is 10.5. The molecule has 6 aliphatic rings. The van der Waals surface area contributed by atoms with Crippen LogP contribution in [0.1, 0.15) is 127 Å². The predicted molar refractivity (Wildman–Crippen MR) is 336 cm³/mol. The molecule has 9 heterocycles. The molecule has 20 heteroatoms. The smallest absolute Gasteiger partial charge is 0.261 e. The second-order valence-electron chi connectivity index (χ2n) is 23.7. The fraction of sp³-hybridized carbons (Fsp3) is 0.111. The lowest BCUT2D eigenvalue weighted by atomic mass is 9.99. The van der Waals surface area contributed by atoms with Crippen molar-refractivity contribution in [3.63, 3.8) is 0 Å². The second kappa shape index (κ2) is 19.6. The number of fused-ring (bicyclic) bond motifs is 24. The van der Waals surface area contributed by atoms with Crippen molar-refractivity contribution in [2.45, 2.75) is 53.9 Å². The van der Waals surface area contributed by atoms with Crippen molar-refractivity contribution >= 4 is 91.4 Å². The lowest BCUT2D eigenvalue weighted by Crippen LogP contribution is -2.29. The quantitative estimate of drug-likeness (QED) is 0.128. The Kier molecular flexibility index (Phi) is 11.5. The summed E-state index contributed by atoms with van der Waals surface area (Å²) in [5.74, 6) is -2.63. The molecule has 8 aromatic carbocycles. The van der Waals surface area contributed by atoms with Crippen LogP contribution in [0.3, 0.4) is 0 Å². The van der Waals surface area contributed by atoms with Crippen molar-refractivity contribution in [3.8, 4) is 45.6 Å². The summed E-state index contributed by atoms with van der Waals surface area (Å²) in [6.07, 6.45) is 0. The van der Waals surface area contributed by atoms with Gasteiger partial charge < -0.3 is 29.9 Å². The van der Waals surface area contributed by atoms with E-state index in [0.29, 0.717) is 133 Å². The van der Waals surface area contributed by atoms with E-state index in [-0.39, 0.29) is 72.1 Å². The van der Waals surface area contributed by atoms with E-state index >= 15 is 0 Å². The number of hydrogen-bond donors (Lipinski definition) is 0. The van der Waals surface area contributed by atoms with Gasteiger partial charge in [0.2, 0.25) is 0 Å². The number of rotatable bonds is 8. The van der Waals surface area contributed by atoms with Crippen LogP contribution in [-0.2, 0) is 26.2 Å². The standard InChI is InChI=1S/C72H44N12O8/c1-33-21-49-53(25-37(33)29-81-65(85)41-13-5-6-14-42(41)66(81)86)61-73-57(49)77-62-54-26-38(30-82-67(87)43-15-7-8-16-44(43)68(82)88)34(2)22-50(54)59(74-62)79-64-56-28-40(32-84-71(91)47-19-11-12-20-48(47)72(84)92)36(4)24-52(56)60(76-64)80-63-55-27-39(35(3)23-51(55)58(75-63)78-61)31-83-69(89)45-17-9-10-18-46(45)70(83)90/h5-28H,29-32H2,1-4H3/q-2. The van der Waals surface area contributed by atoms with Gasteiger partial charge in [0.1, 0.15) is 0 Å². The minimum absolute atomic E-state index is 0.0673. The zero-order valence-electron chi connectivity index (χ0n) is 49.3. The maximum atomic E-state index is 13.9. The molecule has 0 saturated heterocycles. The van der Waals surface area contributed by atoms with Crippen LogP contribution in [0.5, 0.6) is 0 Å². The minimum Gasteiger partial charge on any atom is -0.357 e. The molecule has 0 radical (unpaired) electrons. The van der Waals surface area contributed by atoms with Crippen LogP contribution in [0.2, 0.25) is 0 Å². The third-order valence-electron chi connectivity index (χ3n) is 18.4. The van der Waals surface area contributed by atoms with Crippen molar-refractivity contribution in [1.29, 1.82) is 0 Å². The number of aryl methyl sites for hydroxylation is 4. The molecule has 8 bridgehead atoms. The van der Waals surface area contributed by atoms with Crippen molar-refractivity contribution < 1.29 is 38.4 Å². The highest BCUT2D eigenvalue weighted by Gasteiger charge is 2.39. The molecular formula is C72H44N12O8-2. The average Bonchev–Trinajstić information content (AvgIpc) is 1.72. The summed E-state index contributed by atoms with van der Waals surface area (Å²) in [4.78, 5) is 158. The summed E-state index contributed by atoms with van der Waals surface area (Å²) >= 11 is 0. The third kappa shape index (κ3) is 7.95. The fourth-order valence-corrected chi connectivity index (χ4v) is 13.4. The minimum atomic E-state index is -0.422. The molecule has 442 valence electrons. The van der Waals surface area contributed by atoms with Crippen LogP contribution in [0.15, 0.2) is 146 Å². The van der Waals surface area contributed by atoms with E-state index in [1.54, 1.807) is 97.1 Å². The molecule has 0 N–H and O–H groups in total. The van der Waals surface area contributed by atoms with Gasteiger partial charge in [0.15, 0.2) is 0 Å². The molecular weight excluding hydrogens is 1160 g/mol. The van der Waals surface area contributed by atoms with Gasteiger partial charge in [-0.15, -0.1) is 0 Å². The van der Waals surface area contributed by atoms with E-state index in [2.05, 4.69) is 0 Å². The van der Waals surface area contributed by atoms with Gasteiger partial charge in [-0.3, -0.25) is 58.0 Å². The van der Waals surface area contributed by atoms with E-state index in [9.17, 15) is 38.4 Å². The van der Waals surface area contributed by atoms with Crippen molar-refractivity contribution in [2.24, 2.45) is 0 Å². The van der Waals surface area contributed by atoms with Gasteiger partial charge in [0.05, 0.1) is 94.0 Å². The number of amides is 8. The SMILES string of the molecule is Cc1cc2c(cc1CN1C(=O)c3ccccc3C1=O)-c1nc-2nc2[n-]c(nc3nc(nc4[n-]c(n1)c1cc(C)c(CN5C(=O)c6ccccc6C5=O)cc41)-c1cc(C)c(CN4C(=O)c5ccccc5C4=O)cc1-3)c1cc(C)c(CN3C(=O)c4ccccc4C3=O)cc21. The zero-order chi connectivity index (χ0) is 62.9. The average molecular weight is 1210 g/mol. The Morgan fingerprint density at radius 2 is 0.467 bits per heavy atom. The molecule has 0 fully saturated rings. The normalized spacial score (nSPS) is 14.6. The first-order valence-electron chi connectivity index (χ1n) is 29.6. The number of carbonyl (C=O) groups excluding carboxylic acids is 8. The molecule has 92 heavy (non-hydrogen) atoms. The highest BCUT2D eigenvalue weighted by atomic mass is 16.2. The van der Waals surface area contributed by atoms with Gasteiger partial charge in [-0.1, -0.05) is 60.7 Å². The Labute approximate surface area is 520 Å². The van der Waals surface area contributed by atoms with E-state index in [1.165, 1.54) is 19.6 Å². The summed E-state index contributed by atoms with van der Waals surface area (Å²) in [5, 5.41) is 2.09. The number of benzene rings is 8. The van der Waals surface area contributed by atoms with Crippen LogP contribution in [0.4, 0.5) is 0 Å². The van der Waals surface area contributed by atoms with Crippen LogP contribution in [0, 0.1) is 27.7 Å². The molecule has 0 spiro atoms. The summed E-state index contributed by atoms with van der Waals surface area (Å²) in [6.45, 7) is 7.22. The van der Waals surface area contributed by atoms with Gasteiger partial charge in [-0.05, 0) is 179 Å². The van der Waals surface area contributed by atoms with Gasteiger partial charge in [0.25, 0.3) is 47.3 Å². The molecule has 6 aliphatic heterocycles. The molecule has 20 nitrogen and oxygen atoms in total. The number of hydrogen-bond acceptors (Lipinski definition) is 14. The number of nitrogens with zero attached hydrogens (tertiary/aromatic N) is 12. The highest BCUT2D eigenvalue weighted by molar-refractivity contribution is 6.24. The summed E-state index contributed by atoms with van der Waals surface area (Å²) < 4.78 is 0. The lowest BCUT2D eigenvalue weighted by molar-refractivity contribution is 0.0627. The van der Waals surface area contributed by atoms with Crippen molar-refractivity contribution in [2.75, 3.05) is 0 Å². The Hall–Kier alpha value is -12.3. The van der Waals surface area contributed by atoms with E-state index in [4.69, 9.17) is 39.9 Å². The Morgan fingerprint density at radius 1 is 0.261 bits per heavy atom. The summed E-state index contributed by atoms with van der Waals surface area (Å²) in [6, 6.07) is 41.8. The van der Waals surface area contributed by atoms with Gasteiger partial charge in [-0.25, -0.2) is 9.97 Å². The van der Waals surface area contributed by atoms with Crippen LogP contribution in [0.25, 0.3) is 89.7 Å². The highest BCUT2D eigenvalue weighted by Crippen LogP contribution is 2.42. The maximum Gasteiger partial charge on any atom is 0.261 e. The molecule has 11 aromatic rings.